The Morgan fingerprint density at radius 2 is 0.853 bits per heavy atom. The number of methoxy groups -OCH3 is 2. The standard InChI is InChI=1S/C30H28O4/c1-30(2,23-9-17-26(33-4)18-10-23)24-11-19-28(20-12-24)34-27-15-7-22(8-16-27)29(31)21-5-13-25(32-3)14-6-21/h5-20H,1-4H3. The summed E-state index contributed by atoms with van der Waals surface area (Å²) in [6.45, 7) is 4.40. The molecule has 0 bridgehead atoms. The largest absolute Gasteiger partial charge is 0.497 e. The second-order valence-corrected chi connectivity index (χ2v) is 8.56. The average molecular weight is 453 g/mol. The van der Waals surface area contributed by atoms with Gasteiger partial charge in [-0.3, -0.25) is 4.79 Å². The Bertz CT molecular complexity index is 1240. The molecule has 0 aliphatic heterocycles. The zero-order valence-electron chi connectivity index (χ0n) is 19.9. The maximum atomic E-state index is 12.7. The zero-order chi connectivity index (χ0) is 24.1. The minimum Gasteiger partial charge on any atom is -0.497 e. The lowest BCUT2D eigenvalue weighted by Gasteiger charge is -2.26. The van der Waals surface area contributed by atoms with Gasteiger partial charge in [0.15, 0.2) is 5.78 Å². The van der Waals surface area contributed by atoms with E-state index in [0.717, 1.165) is 17.2 Å². The zero-order valence-corrected chi connectivity index (χ0v) is 19.9. The highest BCUT2D eigenvalue weighted by molar-refractivity contribution is 6.09. The molecule has 4 aromatic rings. The SMILES string of the molecule is COc1ccc(C(=O)c2ccc(Oc3ccc(C(C)(C)c4ccc(OC)cc4)cc3)cc2)cc1. The number of hydrogen-bond acceptors (Lipinski definition) is 4. The minimum atomic E-state index is -0.158. The third-order valence-electron chi connectivity index (χ3n) is 6.09. The second-order valence-electron chi connectivity index (χ2n) is 8.56. The smallest absolute Gasteiger partial charge is 0.193 e. The first-order valence-corrected chi connectivity index (χ1v) is 11.1. The van der Waals surface area contributed by atoms with Gasteiger partial charge in [0.05, 0.1) is 14.2 Å². The summed E-state index contributed by atoms with van der Waals surface area (Å²) < 4.78 is 16.4. The van der Waals surface area contributed by atoms with E-state index in [1.807, 2.05) is 36.4 Å². The van der Waals surface area contributed by atoms with Gasteiger partial charge in [0, 0.05) is 16.5 Å². The highest BCUT2D eigenvalue weighted by atomic mass is 16.5. The van der Waals surface area contributed by atoms with Crippen molar-refractivity contribution in [3.63, 3.8) is 0 Å². The number of ketones is 1. The number of rotatable bonds is 8. The molecule has 4 heteroatoms. The second kappa shape index (κ2) is 9.84. The Morgan fingerprint density at radius 1 is 0.529 bits per heavy atom. The molecule has 0 atom stereocenters. The quantitative estimate of drug-likeness (QED) is 0.269. The van der Waals surface area contributed by atoms with Crippen molar-refractivity contribution < 1.29 is 19.0 Å². The van der Waals surface area contributed by atoms with Gasteiger partial charge in [-0.15, -0.1) is 0 Å². The van der Waals surface area contributed by atoms with E-state index in [1.165, 1.54) is 11.1 Å². The summed E-state index contributed by atoms with van der Waals surface area (Å²) in [6.07, 6.45) is 0. The van der Waals surface area contributed by atoms with Crippen LogP contribution in [0.3, 0.4) is 0 Å². The van der Waals surface area contributed by atoms with Gasteiger partial charge in [0.2, 0.25) is 0 Å². The summed E-state index contributed by atoms with van der Waals surface area (Å²) in [5.74, 6) is 2.94. The summed E-state index contributed by atoms with van der Waals surface area (Å²) >= 11 is 0. The van der Waals surface area contributed by atoms with Crippen molar-refractivity contribution in [1.82, 2.24) is 0 Å². The molecule has 0 fully saturated rings. The van der Waals surface area contributed by atoms with Crippen molar-refractivity contribution >= 4 is 5.78 Å². The van der Waals surface area contributed by atoms with Crippen LogP contribution in [0.25, 0.3) is 0 Å². The molecule has 0 saturated heterocycles. The molecule has 4 nitrogen and oxygen atoms in total. The molecule has 0 aliphatic rings. The third-order valence-corrected chi connectivity index (χ3v) is 6.09. The molecule has 34 heavy (non-hydrogen) atoms. The van der Waals surface area contributed by atoms with Gasteiger partial charge in [-0.1, -0.05) is 38.1 Å². The topological polar surface area (TPSA) is 44.8 Å². The fourth-order valence-corrected chi connectivity index (χ4v) is 3.83. The van der Waals surface area contributed by atoms with Crippen LogP contribution in [0.5, 0.6) is 23.0 Å². The van der Waals surface area contributed by atoms with Gasteiger partial charge in [-0.2, -0.15) is 0 Å². The van der Waals surface area contributed by atoms with Gasteiger partial charge in [0.1, 0.15) is 23.0 Å². The van der Waals surface area contributed by atoms with Crippen molar-refractivity contribution in [2.24, 2.45) is 0 Å². The van der Waals surface area contributed by atoms with E-state index < -0.39 is 0 Å². The van der Waals surface area contributed by atoms with Crippen LogP contribution in [0.4, 0.5) is 0 Å². The molecule has 0 saturated carbocycles. The van der Waals surface area contributed by atoms with Gasteiger partial charge in [0.25, 0.3) is 0 Å². The summed E-state index contributed by atoms with van der Waals surface area (Å²) in [6, 6.07) is 30.5. The molecule has 0 aromatic heterocycles. The molecular formula is C30H28O4. The van der Waals surface area contributed by atoms with E-state index in [2.05, 4.69) is 38.1 Å². The summed E-state index contributed by atoms with van der Waals surface area (Å²) in [5, 5.41) is 0. The van der Waals surface area contributed by atoms with Crippen LogP contribution in [-0.4, -0.2) is 20.0 Å². The van der Waals surface area contributed by atoms with Crippen LogP contribution in [-0.2, 0) is 5.41 Å². The van der Waals surface area contributed by atoms with E-state index >= 15 is 0 Å². The molecule has 0 aliphatic carbocycles. The number of benzene rings is 4. The third kappa shape index (κ3) is 4.96. The number of carbonyl (C=O) groups excluding carboxylic acids is 1. The highest BCUT2D eigenvalue weighted by Gasteiger charge is 2.23. The summed E-state index contributed by atoms with van der Waals surface area (Å²) in [5.41, 5.74) is 3.46. The van der Waals surface area contributed by atoms with Gasteiger partial charge >= 0.3 is 0 Å². The first-order valence-electron chi connectivity index (χ1n) is 11.1. The molecule has 0 radical (unpaired) electrons. The van der Waals surface area contributed by atoms with Crippen LogP contribution < -0.4 is 14.2 Å². The van der Waals surface area contributed by atoms with Crippen LogP contribution >= 0.6 is 0 Å². The Labute approximate surface area is 200 Å². The Hall–Kier alpha value is -4.05. The molecule has 0 N–H and O–H groups in total. The van der Waals surface area contributed by atoms with Crippen LogP contribution in [0.1, 0.15) is 40.9 Å². The monoisotopic (exact) mass is 452 g/mol. The van der Waals surface area contributed by atoms with Crippen LogP contribution in [0.15, 0.2) is 97.1 Å². The van der Waals surface area contributed by atoms with E-state index in [-0.39, 0.29) is 11.2 Å². The molecule has 172 valence electrons. The predicted octanol–water partition coefficient (Wildman–Crippen LogP) is 7.05. The first-order chi connectivity index (χ1) is 16.4. The van der Waals surface area contributed by atoms with Crippen LogP contribution in [0.2, 0.25) is 0 Å². The van der Waals surface area contributed by atoms with Crippen molar-refractivity contribution in [1.29, 1.82) is 0 Å². The van der Waals surface area contributed by atoms with Crippen molar-refractivity contribution in [3.8, 4) is 23.0 Å². The fraction of sp³-hybridized carbons (Fsp3) is 0.167. The van der Waals surface area contributed by atoms with Crippen LogP contribution in [0, 0.1) is 0 Å². The Kier molecular flexibility index (Phi) is 6.69. The highest BCUT2D eigenvalue weighted by Crippen LogP contribution is 2.34. The maximum absolute atomic E-state index is 12.7. The molecule has 0 spiro atoms. The first kappa shape index (κ1) is 23.1. The normalized spacial score (nSPS) is 11.1. The average Bonchev–Trinajstić information content (AvgIpc) is 2.89. The molecular weight excluding hydrogens is 424 g/mol. The Morgan fingerprint density at radius 3 is 1.24 bits per heavy atom. The number of hydrogen-bond donors (Lipinski definition) is 0. The number of ether oxygens (including phenoxy) is 3. The molecule has 0 amide bonds. The number of carbonyl (C=O) groups is 1. The lowest BCUT2D eigenvalue weighted by atomic mass is 9.78. The van der Waals surface area contributed by atoms with Crippen molar-refractivity contribution in [2.45, 2.75) is 19.3 Å². The molecule has 4 aromatic carbocycles. The van der Waals surface area contributed by atoms with E-state index in [0.29, 0.717) is 16.9 Å². The van der Waals surface area contributed by atoms with E-state index in [9.17, 15) is 4.79 Å². The van der Waals surface area contributed by atoms with Gasteiger partial charge in [-0.25, -0.2) is 0 Å². The molecule has 0 unspecified atom stereocenters. The summed E-state index contributed by atoms with van der Waals surface area (Å²) in [7, 11) is 3.27. The van der Waals surface area contributed by atoms with E-state index in [4.69, 9.17) is 14.2 Å². The van der Waals surface area contributed by atoms with Crippen molar-refractivity contribution in [3.05, 3.63) is 119 Å². The maximum Gasteiger partial charge on any atom is 0.193 e. The summed E-state index contributed by atoms with van der Waals surface area (Å²) in [4.78, 5) is 12.7. The molecule has 4 rings (SSSR count). The van der Waals surface area contributed by atoms with Crippen molar-refractivity contribution in [2.75, 3.05) is 14.2 Å². The van der Waals surface area contributed by atoms with Gasteiger partial charge in [-0.05, 0) is 83.9 Å². The minimum absolute atomic E-state index is 0.0423. The fourth-order valence-electron chi connectivity index (χ4n) is 3.83. The predicted molar refractivity (Wildman–Crippen MR) is 135 cm³/mol. The molecule has 0 heterocycles. The Balaban J connectivity index is 1.44. The van der Waals surface area contributed by atoms with E-state index in [1.54, 1.807) is 50.6 Å². The lowest BCUT2D eigenvalue weighted by Crippen LogP contribution is -2.18. The lowest BCUT2D eigenvalue weighted by molar-refractivity contribution is 0.103. The van der Waals surface area contributed by atoms with Gasteiger partial charge < -0.3 is 14.2 Å².